The van der Waals surface area contributed by atoms with Crippen molar-refractivity contribution in [3.63, 3.8) is 0 Å². The molecule has 0 aliphatic rings. The van der Waals surface area contributed by atoms with Crippen LogP contribution in [0.2, 0.25) is 0 Å². The zero-order chi connectivity index (χ0) is 20.1. The van der Waals surface area contributed by atoms with E-state index in [1.807, 2.05) is 0 Å². The van der Waals surface area contributed by atoms with Gasteiger partial charge in [-0.25, -0.2) is 4.79 Å². The van der Waals surface area contributed by atoms with Crippen LogP contribution in [0.15, 0.2) is 46.9 Å². The lowest BCUT2D eigenvalue weighted by atomic mass is 10.1. The first-order valence-corrected chi connectivity index (χ1v) is 8.47. The van der Waals surface area contributed by atoms with Gasteiger partial charge in [0.15, 0.2) is 6.10 Å². The van der Waals surface area contributed by atoms with E-state index in [9.17, 15) is 4.79 Å². The van der Waals surface area contributed by atoms with Crippen LogP contribution >= 0.6 is 0 Å². The van der Waals surface area contributed by atoms with Gasteiger partial charge in [0.2, 0.25) is 5.89 Å². The van der Waals surface area contributed by atoms with E-state index in [1.54, 1.807) is 56.5 Å². The van der Waals surface area contributed by atoms with Gasteiger partial charge in [0.25, 0.3) is 5.89 Å². The Labute approximate surface area is 162 Å². The summed E-state index contributed by atoms with van der Waals surface area (Å²) in [5, 5.41) is 7.99. The minimum Gasteiger partial charge on any atom is -0.497 e. The van der Waals surface area contributed by atoms with Crippen molar-refractivity contribution in [3.05, 3.63) is 53.9 Å². The highest BCUT2D eigenvalue weighted by atomic mass is 16.6. The van der Waals surface area contributed by atoms with Gasteiger partial charge in [-0.15, -0.1) is 10.2 Å². The molecule has 0 N–H and O–H groups in total. The molecule has 146 valence electrons. The van der Waals surface area contributed by atoms with Crippen molar-refractivity contribution in [3.8, 4) is 28.7 Å². The molecule has 0 saturated carbocycles. The number of carbonyl (C=O) groups is 1. The SMILES string of the molecule is COc1ccc(-c2nnc([C@H](C)OC(=O)c3c(OC)cccc3OC)o2)cc1. The molecular weight excluding hydrogens is 364 g/mol. The number of nitrogens with zero attached hydrogens (tertiary/aromatic N) is 2. The minimum atomic E-state index is -0.762. The van der Waals surface area contributed by atoms with Crippen molar-refractivity contribution in [2.24, 2.45) is 0 Å². The van der Waals surface area contributed by atoms with E-state index < -0.39 is 12.1 Å². The lowest BCUT2D eigenvalue weighted by Gasteiger charge is -2.14. The van der Waals surface area contributed by atoms with Crippen LogP contribution in [-0.2, 0) is 4.74 Å². The molecule has 2 aromatic carbocycles. The Morgan fingerprint density at radius 2 is 1.57 bits per heavy atom. The Morgan fingerprint density at radius 3 is 2.14 bits per heavy atom. The van der Waals surface area contributed by atoms with Gasteiger partial charge >= 0.3 is 5.97 Å². The number of carbonyl (C=O) groups excluding carboxylic acids is 1. The summed E-state index contributed by atoms with van der Waals surface area (Å²) in [6, 6.07) is 12.2. The Hall–Kier alpha value is -3.55. The van der Waals surface area contributed by atoms with E-state index in [0.717, 1.165) is 11.3 Å². The molecule has 0 unspecified atom stereocenters. The highest BCUT2D eigenvalue weighted by Gasteiger charge is 2.25. The van der Waals surface area contributed by atoms with Gasteiger partial charge in [0, 0.05) is 5.56 Å². The molecule has 0 bridgehead atoms. The van der Waals surface area contributed by atoms with E-state index in [2.05, 4.69) is 10.2 Å². The molecule has 0 aliphatic heterocycles. The van der Waals surface area contributed by atoms with E-state index in [1.165, 1.54) is 14.2 Å². The number of aromatic nitrogens is 2. The Morgan fingerprint density at radius 1 is 0.929 bits per heavy atom. The predicted octanol–water partition coefficient (Wildman–Crippen LogP) is 3.68. The second-order valence-electron chi connectivity index (χ2n) is 5.76. The predicted molar refractivity (Wildman–Crippen MR) is 99.7 cm³/mol. The van der Waals surface area contributed by atoms with Crippen LogP contribution in [0.25, 0.3) is 11.5 Å². The fourth-order valence-corrected chi connectivity index (χ4v) is 2.57. The molecule has 1 aromatic heterocycles. The molecule has 0 aliphatic carbocycles. The molecule has 0 spiro atoms. The number of ether oxygens (including phenoxy) is 4. The molecule has 1 atom stereocenters. The van der Waals surface area contributed by atoms with Crippen molar-refractivity contribution in [1.82, 2.24) is 10.2 Å². The molecule has 0 fully saturated rings. The fourth-order valence-electron chi connectivity index (χ4n) is 2.57. The van der Waals surface area contributed by atoms with Crippen molar-refractivity contribution < 1.29 is 28.2 Å². The highest BCUT2D eigenvalue weighted by Crippen LogP contribution is 2.31. The minimum absolute atomic E-state index is 0.174. The summed E-state index contributed by atoms with van der Waals surface area (Å²) in [5.41, 5.74) is 0.915. The molecule has 0 radical (unpaired) electrons. The third-order valence-corrected chi connectivity index (χ3v) is 4.04. The summed E-state index contributed by atoms with van der Waals surface area (Å²) >= 11 is 0. The normalized spacial score (nSPS) is 11.6. The van der Waals surface area contributed by atoms with Crippen molar-refractivity contribution in [2.45, 2.75) is 13.0 Å². The summed E-state index contributed by atoms with van der Waals surface area (Å²) in [6.07, 6.45) is -0.762. The zero-order valence-corrected chi connectivity index (χ0v) is 16.0. The lowest BCUT2D eigenvalue weighted by molar-refractivity contribution is 0.0273. The second-order valence-corrected chi connectivity index (χ2v) is 5.76. The molecular formula is C20H20N2O6. The first kappa shape index (κ1) is 19.2. The van der Waals surface area contributed by atoms with Crippen molar-refractivity contribution in [2.75, 3.05) is 21.3 Å². The van der Waals surface area contributed by atoms with E-state index in [-0.39, 0.29) is 11.5 Å². The fraction of sp³-hybridized carbons (Fsp3) is 0.250. The monoisotopic (exact) mass is 384 g/mol. The maximum absolute atomic E-state index is 12.6. The number of benzene rings is 2. The van der Waals surface area contributed by atoms with Crippen LogP contribution in [0.4, 0.5) is 0 Å². The van der Waals surface area contributed by atoms with E-state index in [4.69, 9.17) is 23.4 Å². The molecule has 3 aromatic rings. The molecule has 1 heterocycles. The number of rotatable bonds is 7. The van der Waals surface area contributed by atoms with Crippen molar-refractivity contribution >= 4 is 5.97 Å². The number of hydrogen-bond acceptors (Lipinski definition) is 8. The van der Waals surface area contributed by atoms with Gasteiger partial charge < -0.3 is 23.4 Å². The molecule has 8 nitrogen and oxygen atoms in total. The first-order valence-electron chi connectivity index (χ1n) is 8.47. The van der Waals surface area contributed by atoms with Gasteiger partial charge in [-0.1, -0.05) is 6.07 Å². The molecule has 28 heavy (non-hydrogen) atoms. The smallest absolute Gasteiger partial charge is 0.346 e. The maximum Gasteiger partial charge on any atom is 0.346 e. The van der Waals surface area contributed by atoms with Gasteiger partial charge in [0.05, 0.1) is 21.3 Å². The standard InChI is InChI=1S/C20H20N2O6/c1-12(27-20(23)17-15(25-3)6-5-7-16(17)26-4)18-21-22-19(28-18)13-8-10-14(24-2)11-9-13/h5-12H,1-4H3/t12-/m0/s1. The average Bonchev–Trinajstić information content (AvgIpc) is 3.23. The second kappa shape index (κ2) is 8.43. The van der Waals surface area contributed by atoms with Crippen LogP contribution in [-0.4, -0.2) is 37.5 Å². The summed E-state index contributed by atoms with van der Waals surface area (Å²) < 4.78 is 26.7. The largest absolute Gasteiger partial charge is 0.497 e. The molecule has 0 amide bonds. The number of methoxy groups -OCH3 is 3. The van der Waals surface area contributed by atoms with E-state index >= 15 is 0 Å². The Balaban J connectivity index is 1.78. The summed E-state index contributed by atoms with van der Waals surface area (Å²) in [7, 11) is 4.52. The third kappa shape index (κ3) is 3.90. The van der Waals surface area contributed by atoms with Gasteiger partial charge in [-0.2, -0.15) is 0 Å². The van der Waals surface area contributed by atoms with Crippen LogP contribution in [0.5, 0.6) is 17.2 Å². The van der Waals surface area contributed by atoms with Gasteiger partial charge in [-0.3, -0.25) is 0 Å². The van der Waals surface area contributed by atoms with E-state index in [0.29, 0.717) is 17.4 Å². The number of hydrogen-bond donors (Lipinski definition) is 0. The lowest BCUT2D eigenvalue weighted by Crippen LogP contribution is -2.12. The quantitative estimate of drug-likeness (QED) is 0.570. The maximum atomic E-state index is 12.6. The van der Waals surface area contributed by atoms with Crippen LogP contribution in [0.3, 0.4) is 0 Å². The summed E-state index contributed by atoms with van der Waals surface area (Å²) in [6.45, 7) is 1.64. The molecule has 8 heteroatoms. The van der Waals surface area contributed by atoms with Gasteiger partial charge in [-0.05, 0) is 43.3 Å². The first-order chi connectivity index (χ1) is 13.6. The summed E-state index contributed by atoms with van der Waals surface area (Å²) in [5.74, 6) is 1.29. The zero-order valence-electron chi connectivity index (χ0n) is 16.0. The third-order valence-electron chi connectivity index (χ3n) is 4.04. The van der Waals surface area contributed by atoms with Gasteiger partial charge in [0.1, 0.15) is 22.8 Å². The van der Waals surface area contributed by atoms with Crippen LogP contribution in [0, 0.1) is 0 Å². The number of esters is 1. The summed E-state index contributed by atoms with van der Waals surface area (Å²) in [4.78, 5) is 12.6. The topological polar surface area (TPSA) is 92.9 Å². The molecule has 0 saturated heterocycles. The van der Waals surface area contributed by atoms with Crippen LogP contribution < -0.4 is 14.2 Å². The average molecular weight is 384 g/mol. The Kier molecular flexibility index (Phi) is 5.78. The Bertz CT molecular complexity index is 929. The highest BCUT2D eigenvalue weighted by molar-refractivity contribution is 5.95. The molecule has 3 rings (SSSR count). The van der Waals surface area contributed by atoms with Crippen molar-refractivity contribution in [1.29, 1.82) is 0 Å². The van der Waals surface area contributed by atoms with Crippen LogP contribution in [0.1, 0.15) is 29.3 Å².